The summed E-state index contributed by atoms with van der Waals surface area (Å²) in [6.45, 7) is 4.35. The molecule has 27 heavy (non-hydrogen) atoms. The van der Waals surface area contributed by atoms with Crippen LogP contribution in [-0.4, -0.2) is 19.3 Å². The van der Waals surface area contributed by atoms with E-state index >= 15 is 0 Å². The minimum Gasteiger partial charge on any atom is -0.377 e. The van der Waals surface area contributed by atoms with E-state index in [9.17, 15) is 0 Å². The van der Waals surface area contributed by atoms with Gasteiger partial charge in [0, 0.05) is 42.7 Å². The number of aromatic nitrogens is 4. The zero-order valence-electron chi connectivity index (χ0n) is 16.0. The molecule has 2 aliphatic heterocycles. The molecule has 5 heteroatoms. The lowest BCUT2D eigenvalue weighted by Crippen LogP contribution is -2.12. The molecule has 3 aromatic rings. The summed E-state index contributed by atoms with van der Waals surface area (Å²) in [5.41, 5.74) is 5.92. The lowest BCUT2D eigenvalue weighted by molar-refractivity contribution is 0.482. The molecule has 0 fully saturated rings. The van der Waals surface area contributed by atoms with Crippen LogP contribution in [0.15, 0.2) is 36.5 Å². The molecule has 5 nitrogen and oxygen atoms in total. The maximum Gasteiger partial charge on any atom is 0.109 e. The Bertz CT molecular complexity index is 887. The van der Waals surface area contributed by atoms with Crippen LogP contribution in [0.3, 0.4) is 0 Å². The molecule has 2 aromatic heterocycles. The van der Waals surface area contributed by atoms with E-state index in [4.69, 9.17) is 10.1 Å². The maximum atomic E-state index is 4.83. The first-order chi connectivity index (χ1) is 13.3. The zero-order chi connectivity index (χ0) is 18.2. The first-order valence-electron chi connectivity index (χ1n) is 10.3. The normalized spacial score (nSPS) is 17.2. The van der Waals surface area contributed by atoms with Gasteiger partial charge in [0.25, 0.3) is 0 Å². The third-order valence-corrected chi connectivity index (χ3v) is 5.85. The van der Waals surface area contributed by atoms with Crippen LogP contribution >= 0.6 is 0 Å². The number of anilines is 1. The molecule has 0 spiro atoms. The van der Waals surface area contributed by atoms with Crippen LogP contribution in [0.5, 0.6) is 0 Å². The van der Waals surface area contributed by atoms with Gasteiger partial charge in [0.2, 0.25) is 0 Å². The Morgan fingerprint density at radius 3 is 2.63 bits per heavy atom. The van der Waals surface area contributed by atoms with Crippen molar-refractivity contribution in [3.63, 3.8) is 0 Å². The SMILES string of the molecule is CC(Nc1ccc(-c2cn3c(n2)CCCC3)cc1)c1cc2n(n1)CCCC2. The van der Waals surface area contributed by atoms with E-state index in [-0.39, 0.29) is 6.04 Å². The molecular weight excluding hydrogens is 334 g/mol. The highest BCUT2D eigenvalue weighted by atomic mass is 15.3. The van der Waals surface area contributed by atoms with Gasteiger partial charge in [-0.1, -0.05) is 12.1 Å². The molecule has 140 valence electrons. The number of fused-ring (bicyclic) bond motifs is 2. The number of hydrogen-bond donors (Lipinski definition) is 1. The van der Waals surface area contributed by atoms with E-state index in [0.29, 0.717) is 0 Å². The van der Waals surface area contributed by atoms with Crippen LogP contribution < -0.4 is 5.32 Å². The fraction of sp³-hybridized carbons (Fsp3) is 0.455. The molecule has 0 aliphatic carbocycles. The van der Waals surface area contributed by atoms with Gasteiger partial charge in [0.15, 0.2) is 0 Å². The standard InChI is InChI=1S/C22H27N5/c1-16(20-14-19-6-2-5-13-27(19)25-20)23-18-10-8-17(9-11-18)21-15-26-12-4-3-7-22(26)24-21/h8-11,14-16,23H,2-7,12-13H2,1H3. The number of rotatable bonds is 4. The molecule has 0 radical (unpaired) electrons. The molecule has 4 heterocycles. The Balaban J connectivity index is 1.30. The number of aryl methyl sites for hydroxylation is 4. The van der Waals surface area contributed by atoms with E-state index in [1.807, 2.05) is 0 Å². The Hall–Kier alpha value is -2.56. The molecule has 1 N–H and O–H groups in total. The molecular formula is C22H27N5. The first-order valence-corrected chi connectivity index (χ1v) is 10.3. The van der Waals surface area contributed by atoms with Gasteiger partial charge in [-0.2, -0.15) is 5.10 Å². The van der Waals surface area contributed by atoms with Gasteiger partial charge in [0.05, 0.1) is 17.4 Å². The minimum atomic E-state index is 0.203. The third kappa shape index (κ3) is 3.27. The topological polar surface area (TPSA) is 47.7 Å². The van der Waals surface area contributed by atoms with Gasteiger partial charge in [-0.05, 0) is 57.2 Å². The van der Waals surface area contributed by atoms with Crippen molar-refractivity contribution >= 4 is 5.69 Å². The molecule has 2 aliphatic rings. The summed E-state index contributed by atoms with van der Waals surface area (Å²) in [6.07, 6.45) is 9.51. The Morgan fingerprint density at radius 2 is 1.81 bits per heavy atom. The Labute approximate surface area is 160 Å². The molecule has 0 bridgehead atoms. The highest BCUT2D eigenvalue weighted by Crippen LogP contribution is 2.26. The fourth-order valence-corrected chi connectivity index (χ4v) is 4.26. The average molecular weight is 361 g/mol. The summed E-state index contributed by atoms with van der Waals surface area (Å²) >= 11 is 0. The van der Waals surface area contributed by atoms with Crippen molar-refractivity contribution in [2.75, 3.05) is 5.32 Å². The van der Waals surface area contributed by atoms with Crippen LogP contribution in [0.4, 0.5) is 5.69 Å². The van der Waals surface area contributed by atoms with Gasteiger partial charge >= 0.3 is 0 Å². The van der Waals surface area contributed by atoms with Crippen molar-refractivity contribution in [2.45, 2.75) is 64.6 Å². The fourth-order valence-electron chi connectivity index (χ4n) is 4.26. The summed E-state index contributed by atoms with van der Waals surface area (Å²) in [5.74, 6) is 1.23. The van der Waals surface area contributed by atoms with Gasteiger partial charge in [-0.25, -0.2) is 4.98 Å². The monoisotopic (exact) mass is 361 g/mol. The summed E-state index contributed by atoms with van der Waals surface area (Å²) in [4.78, 5) is 4.83. The number of nitrogens with one attached hydrogen (secondary N) is 1. The summed E-state index contributed by atoms with van der Waals surface area (Å²) < 4.78 is 4.49. The van der Waals surface area contributed by atoms with Crippen molar-refractivity contribution < 1.29 is 0 Å². The summed E-state index contributed by atoms with van der Waals surface area (Å²) in [5, 5.41) is 8.38. The van der Waals surface area contributed by atoms with Gasteiger partial charge in [-0.15, -0.1) is 0 Å². The number of benzene rings is 1. The zero-order valence-corrected chi connectivity index (χ0v) is 16.0. The highest BCUT2D eigenvalue weighted by molar-refractivity contribution is 5.62. The largest absolute Gasteiger partial charge is 0.377 e. The second-order valence-corrected chi connectivity index (χ2v) is 7.88. The van der Waals surface area contributed by atoms with Gasteiger partial charge in [0.1, 0.15) is 5.82 Å². The average Bonchev–Trinajstić information content (AvgIpc) is 3.32. The van der Waals surface area contributed by atoms with Crippen LogP contribution in [0.1, 0.15) is 55.9 Å². The predicted octanol–water partition coefficient (Wildman–Crippen LogP) is 4.59. The quantitative estimate of drug-likeness (QED) is 0.739. The van der Waals surface area contributed by atoms with E-state index in [0.717, 1.165) is 43.0 Å². The van der Waals surface area contributed by atoms with Crippen LogP contribution in [0.25, 0.3) is 11.3 Å². The lowest BCUT2D eigenvalue weighted by atomic mass is 10.1. The van der Waals surface area contributed by atoms with Crippen molar-refractivity contribution in [3.8, 4) is 11.3 Å². The first kappa shape index (κ1) is 16.6. The summed E-state index contributed by atoms with van der Waals surface area (Å²) in [7, 11) is 0. The molecule has 5 rings (SSSR count). The third-order valence-electron chi connectivity index (χ3n) is 5.85. The predicted molar refractivity (Wildman–Crippen MR) is 108 cm³/mol. The van der Waals surface area contributed by atoms with Crippen LogP contribution in [0.2, 0.25) is 0 Å². The lowest BCUT2D eigenvalue weighted by Gasteiger charge is -2.13. The van der Waals surface area contributed by atoms with E-state index in [1.54, 1.807) is 0 Å². The van der Waals surface area contributed by atoms with E-state index in [1.165, 1.54) is 42.8 Å². The second kappa shape index (κ2) is 6.87. The Morgan fingerprint density at radius 1 is 1.00 bits per heavy atom. The van der Waals surface area contributed by atoms with Gasteiger partial charge in [-0.3, -0.25) is 4.68 Å². The second-order valence-electron chi connectivity index (χ2n) is 7.88. The van der Waals surface area contributed by atoms with Crippen LogP contribution in [0, 0.1) is 0 Å². The number of imidazole rings is 1. The molecule has 0 amide bonds. The van der Waals surface area contributed by atoms with E-state index in [2.05, 4.69) is 58.0 Å². The minimum absolute atomic E-state index is 0.203. The molecule has 1 unspecified atom stereocenters. The van der Waals surface area contributed by atoms with Crippen molar-refractivity contribution in [3.05, 3.63) is 53.7 Å². The molecule has 1 atom stereocenters. The van der Waals surface area contributed by atoms with Crippen molar-refractivity contribution in [1.82, 2.24) is 19.3 Å². The Kier molecular flexibility index (Phi) is 4.23. The van der Waals surface area contributed by atoms with Crippen molar-refractivity contribution in [2.24, 2.45) is 0 Å². The smallest absolute Gasteiger partial charge is 0.109 e. The van der Waals surface area contributed by atoms with E-state index < -0.39 is 0 Å². The molecule has 1 aromatic carbocycles. The van der Waals surface area contributed by atoms with Crippen LogP contribution in [-0.2, 0) is 25.9 Å². The van der Waals surface area contributed by atoms with Gasteiger partial charge < -0.3 is 9.88 Å². The van der Waals surface area contributed by atoms with Crippen molar-refractivity contribution in [1.29, 1.82) is 0 Å². The highest BCUT2D eigenvalue weighted by Gasteiger charge is 2.16. The molecule has 0 saturated heterocycles. The maximum absolute atomic E-state index is 4.83. The number of nitrogens with zero attached hydrogens (tertiary/aromatic N) is 4. The molecule has 0 saturated carbocycles. The number of hydrogen-bond acceptors (Lipinski definition) is 3. The summed E-state index contributed by atoms with van der Waals surface area (Å²) in [6, 6.07) is 11.1.